The number of benzene rings is 3. The van der Waals surface area contributed by atoms with Crippen molar-refractivity contribution in [2.75, 3.05) is 0 Å². The molecular weight excluding hydrogens is 485 g/mol. The Hall–Kier alpha value is -4.59. The summed E-state index contributed by atoms with van der Waals surface area (Å²) in [4.78, 5) is 23.0. The summed E-state index contributed by atoms with van der Waals surface area (Å²) in [5.74, 6) is -1.31. The highest BCUT2D eigenvalue weighted by Crippen LogP contribution is 2.39. The second kappa shape index (κ2) is 11.4. The van der Waals surface area contributed by atoms with E-state index < -0.39 is 29.4 Å². The van der Waals surface area contributed by atoms with Gasteiger partial charge < -0.3 is 14.2 Å². The zero-order valence-electron chi connectivity index (χ0n) is 20.1. The van der Waals surface area contributed by atoms with E-state index in [9.17, 15) is 22.8 Å². The van der Waals surface area contributed by atoms with Crippen LogP contribution >= 0.6 is 0 Å². The van der Waals surface area contributed by atoms with Gasteiger partial charge in [0.25, 0.3) is 0 Å². The fraction of sp³-hybridized carbons (Fsp3) is 0.103. The molecule has 0 aliphatic heterocycles. The Labute approximate surface area is 212 Å². The van der Waals surface area contributed by atoms with Gasteiger partial charge in [-0.25, -0.2) is 9.59 Å². The molecule has 0 unspecified atom stereocenters. The monoisotopic (exact) mass is 508 g/mol. The molecule has 3 aromatic rings. The van der Waals surface area contributed by atoms with Crippen molar-refractivity contribution in [3.63, 3.8) is 0 Å². The summed E-state index contributed by atoms with van der Waals surface area (Å²) in [6, 6.07) is 17.5. The van der Waals surface area contributed by atoms with E-state index in [2.05, 4.69) is 17.9 Å². The van der Waals surface area contributed by atoms with Crippen LogP contribution in [0.3, 0.4) is 0 Å². The molecule has 5 nitrogen and oxygen atoms in total. The van der Waals surface area contributed by atoms with Crippen LogP contribution in [0.4, 0.5) is 13.2 Å². The molecule has 0 heterocycles. The average molecular weight is 508 g/mol. The Bertz CT molecular complexity index is 1350. The first-order valence-electron chi connectivity index (χ1n) is 10.9. The lowest BCUT2D eigenvalue weighted by Gasteiger charge is -2.14. The number of hydrogen-bond acceptors (Lipinski definition) is 5. The van der Waals surface area contributed by atoms with Crippen LogP contribution in [0.2, 0.25) is 0 Å². The minimum atomic E-state index is -4.68. The molecule has 0 aliphatic carbocycles. The van der Waals surface area contributed by atoms with Crippen LogP contribution in [-0.2, 0) is 20.5 Å². The normalized spacial score (nSPS) is 11.2. The molecule has 0 spiro atoms. The van der Waals surface area contributed by atoms with Crippen LogP contribution in [0.25, 0.3) is 22.3 Å². The zero-order chi connectivity index (χ0) is 27.2. The number of ether oxygens (including phenoxy) is 3. The topological polar surface area (TPSA) is 61.8 Å². The summed E-state index contributed by atoms with van der Waals surface area (Å²) in [5.41, 5.74) is 2.01. The van der Waals surface area contributed by atoms with Crippen molar-refractivity contribution in [3.05, 3.63) is 109 Å². The third-order valence-electron chi connectivity index (χ3n) is 5.02. The maximum atomic E-state index is 13.7. The van der Waals surface area contributed by atoms with E-state index in [-0.39, 0.29) is 11.1 Å². The molecule has 0 bridgehead atoms. The molecule has 37 heavy (non-hydrogen) atoms. The minimum Gasteiger partial charge on any atom is -0.461 e. The number of carbonyl (C=O) groups is 2. The summed E-state index contributed by atoms with van der Waals surface area (Å²) < 4.78 is 56.0. The summed E-state index contributed by atoms with van der Waals surface area (Å²) in [6.45, 7) is 9.92. The molecule has 8 heteroatoms. The van der Waals surface area contributed by atoms with E-state index >= 15 is 0 Å². The highest BCUT2D eigenvalue weighted by atomic mass is 19.4. The first-order chi connectivity index (χ1) is 17.5. The van der Waals surface area contributed by atoms with Crippen molar-refractivity contribution in [2.45, 2.75) is 20.0 Å². The molecule has 0 N–H and O–H groups in total. The first-order valence-corrected chi connectivity index (χ1v) is 10.9. The van der Waals surface area contributed by atoms with Crippen LogP contribution in [0.15, 0.2) is 104 Å². The van der Waals surface area contributed by atoms with E-state index in [0.29, 0.717) is 16.9 Å². The Morgan fingerprint density at radius 2 is 1.22 bits per heavy atom. The van der Waals surface area contributed by atoms with Gasteiger partial charge in [-0.1, -0.05) is 55.6 Å². The molecule has 0 amide bonds. The van der Waals surface area contributed by atoms with Crippen molar-refractivity contribution in [1.29, 1.82) is 0 Å². The third kappa shape index (κ3) is 7.20. The fourth-order valence-corrected chi connectivity index (χ4v) is 3.09. The van der Waals surface area contributed by atoms with E-state index in [1.54, 1.807) is 55.5 Å². The minimum absolute atomic E-state index is 0.136. The molecule has 0 aliphatic rings. The van der Waals surface area contributed by atoms with Crippen LogP contribution in [-0.4, -0.2) is 11.9 Å². The van der Waals surface area contributed by atoms with Crippen LogP contribution in [0.1, 0.15) is 19.4 Å². The highest BCUT2D eigenvalue weighted by Gasteiger charge is 2.34. The van der Waals surface area contributed by atoms with Crippen LogP contribution < -0.4 is 9.47 Å². The lowest BCUT2D eigenvalue weighted by Crippen LogP contribution is -2.07. The first kappa shape index (κ1) is 27.0. The number of esters is 2. The van der Waals surface area contributed by atoms with Crippen LogP contribution in [0.5, 0.6) is 11.5 Å². The average Bonchev–Trinajstić information content (AvgIpc) is 2.86. The molecule has 0 fully saturated rings. The van der Waals surface area contributed by atoms with Gasteiger partial charge in [0.2, 0.25) is 0 Å². The lowest BCUT2D eigenvalue weighted by atomic mass is 9.98. The van der Waals surface area contributed by atoms with Crippen molar-refractivity contribution in [3.8, 4) is 33.8 Å². The van der Waals surface area contributed by atoms with Gasteiger partial charge in [-0.2, -0.15) is 13.2 Å². The van der Waals surface area contributed by atoms with E-state index in [1.165, 1.54) is 19.1 Å². The molecular formula is C29H23F3O5. The predicted molar refractivity (Wildman–Crippen MR) is 133 cm³/mol. The molecule has 3 aromatic carbocycles. The van der Waals surface area contributed by atoms with Gasteiger partial charge in [0.15, 0.2) is 0 Å². The van der Waals surface area contributed by atoms with Gasteiger partial charge in [0.05, 0.1) is 5.56 Å². The quantitative estimate of drug-likeness (QED) is 0.137. The van der Waals surface area contributed by atoms with Gasteiger partial charge in [-0.15, -0.1) is 0 Å². The van der Waals surface area contributed by atoms with Crippen molar-refractivity contribution in [1.82, 2.24) is 0 Å². The fourth-order valence-electron chi connectivity index (χ4n) is 3.09. The van der Waals surface area contributed by atoms with E-state index in [1.807, 2.05) is 0 Å². The molecule has 0 saturated carbocycles. The smallest absolute Gasteiger partial charge is 0.420 e. The van der Waals surface area contributed by atoms with Crippen molar-refractivity contribution in [2.24, 2.45) is 0 Å². The molecule has 0 saturated heterocycles. The summed E-state index contributed by atoms with van der Waals surface area (Å²) in [5, 5.41) is 0. The predicted octanol–water partition coefficient (Wildman–Crippen LogP) is 7.49. The number of alkyl halides is 3. The number of rotatable bonds is 8. The number of carbonyl (C=O) groups excluding carboxylic acids is 2. The molecule has 190 valence electrons. The van der Waals surface area contributed by atoms with Gasteiger partial charge >= 0.3 is 18.1 Å². The summed E-state index contributed by atoms with van der Waals surface area (Å²) in [7, 11) is 0. The Morgan fingerprint density at radius 3 is 1.73 bits per heavy atom. The maximum absolute atomic E-state index is 13.7. The van der Waals surface area contributed by atoms with Crippen molar-refractivity contribution < 1.29 is 37.0 Å². The second-order valence-corrected chi connectivity index (χ2v) is 8.06. The summed E-state index contributed by atoms with van der Waals surface area (Å²) in [6.07, 6.45) is -2.98. The molecule has 0 aromatic heterocycles. The Balaban J connectivity index is 1.78. The molecule has 0 atom stereocenters. The molecule has 0 radical (unpaired) electrons. The third-order valence-corrected chi connectivity index (χ3v) is 5.02. The SMILES string of the molecule is C=C(C)C(=O)O/C=C\Oc1ccc(-c2ccc(-c3ccc(OC(=O)C(=C)C)cc3)cc2)cc1C(F)(F)F. The number of halogens is 3. The van der Waals surface area contributed by atoms with E-state index in [0.717, 1.165) is 29.7 Å². The standard InChI is InChI=1S/C29H23F3O5/c1-18(2)27(33)36-16-15-35-26-14-11-23(17-25(26)29(30,31)32)22-7-5-20(6-8-22)21-9-12-24(13-10-21)37-28(34)19(3)4/h5-17H,1,3H2,2,4H3/b16-15-. The van der Waals surface area contributed by atoms with Gasteiger partial charge in [0.1, 0.15) is 24.0 Å². The Kier molecular flexibility index (Phi) is 8.34. The summed E-state index contributed by atoms with van der Waals surface area (Å²) >= 11 is 0. The van der Waals surface area contributed by atoms with Crippen molar-refractivity contribution >= 4 is 11.9 Å². The van der Waals surface area contributed by atoms with Gasteiger partial charge in [-0.05, 0) is 60.4 Å². The largest absolute Gasteiger partial charge is 0.461 e. The Morgan fingerprint density at radius 1 is 0.730 bits per heavy atom. The second-order valence-electron chi connectivity index (χ2n) is 8.06. The zero-order valence-corrected chi connectivity index (χ0v) is 20.1. The van der Waals surface area contributed by atoms with Crippen LogP contribution in [0, 0.1) is 0 Å². The van der Waals surface area contributed by atoms with Gasteiger partial charge in [0, 0.05) is 11.1 Å². The molecule has 3 rings (SSSR count). The van der Waals surface area contributed by atoms with E-state index in [4.69, 9.17) is 9.47 Å². The number of hydrogen-bond donors (Lipinski definition) is 0. The van der Waals surface area contributed by atoms with Gasteiger partial charge in [-0.3, -0.25) is 0 Å². The maximum Gasteiger partial charge on any atom is 0.420 e. The lowest BCUT2D eigenvalue weighted by molar-refractivity contribution is -0.139. The highest BCUT2D eigenvalue weighted by molar-refractivity contribution is 5.89.